The van der Waals surface area contributed by atoms with Gasteiger partial charge in [-0.25, -0.2) is 9.48 Å². The number of rotatable bonds is 16. The number of H-pyrrole nitrogens is 1. The van der Waals surface area contributed by atoms with E-state index in [1.165, 1.54) is 15.8 Å². The highest BCUT2D eigenvalue weighted by Crippen LogP contribution is 2.33. The molecule has 8 N–H and O–H groups in total. The van der Waals surface area contributed by atoms with E-state index in [0.717, 1.165) is 37.5 Å². The lowest BCUT2D eigenvalue weighted by Crippen LogP contribution is -2.56. The van der Waals surface area contributed by atoms with E-state index in [9.17, 15) is 33.9 Å². The van der Waals surface area contributed by atoms with Crippen LogP contribution in [-0.2, 0) is 24.8 Å². The Labute approximate surface area is 305 Å². The zero-order chi connectivity index (χ0) is 38.3. The molecule has 5 amide bonds. The van der Waals surface area contributed by atoms with Gasteiger partial charge in [-0.15, -0.1) is 5.10 Å². The first-order valence-corrected chi connectivity index (χ1v) is 18.0. The molecule has 2 aliphatic rings. The van der Waals surface area contributed by atoms with Crippen LogP contribution in [0.15, 0.2) is 30.6 Å². The fourth-order valence-corrected chi connectivity index (χ4v) is 7.31. The number of hydrogen-bond donors (Lipinski definition) is 7. The topological polar surface area (TPSA) is 268 Å². The summed E-state index contributed by atoms with van der Waals surface area (Å²) >= 11 is 0. The molecule has 4 atom stereocenters. The van der Waals surface area contributed by atoms with E-state index in [1.807, 2.05) is 0 Å². The van der Waals surface area contributed by atoms with Crippen LogP contribution in [0.5, 0.6) is 0 Å². The van der Waals surface area contributed by atoms with Crippen LogP contribution < -0.4 is 21.7 Å². The number of primary amides is 1. The summed E-state index contributed by atoms with van der Waals surface area (Å²) in [4.78, 5) is 79.6. The number of fused-ring (bicyclic) bond motifs is 1. The number of ketones is 1. The molecule has 53 heavy (non-hydrogen) atoms. The van der Waals surface area contributed by atoms with E-state index in [4.69, 9.17) is 10.8 Å². The lowest BCUT2D eigenvalue weighted by Gasteiger charge is -2.32. The third-order valence-electron chi connectivity index (χ3n) is 10.1. The number of likely N-dealkylation sites (tertiary alicyclic amines) is 1. The first-order chi connectivity index (χ1) is 25.2. The molecule has 2 fully saturated rings. The van der Waals surface area contributed by atoms with Gasteiger partial charge < -0.3 is 36.8 Å². The van der Waals surface area contributed by atoms with E-state index in [-0.39, 0.29) is 38.3 Å². The van der Waals surface area contributed by atoms with Crippen molar-refractivity contribution in [2.24, 2.45) is 11.7 Å². The number of nitrogens with one attached hydrogen (secondary N) is 4. The first kappa shape index (κ1) is 38.8. The van der Waals surface area contributed by atoms with Gasteiger partial charge in [0.2, 0.25) is 17.6 Å². The normalized spacial score (nSPS) is 19.0. The van der Waals surface area contributed by atoms with Crippen LogP contribution in [0.3, 0.4) is 0 Å². The minimum Gasteiger partial charge on any atom is -0.465 e. The van der Waals surface area contributed by atoms with E-state index >= 15 is 0 Å². The average Bonchev–Trinajstić information content (AvgIpc) is 3.90. The lowest BCUT2D eigenvalue weighted by molar-refractivity contribution is -0.142. The number of aliphatic hydroxyl groups is 1. The van der Waals surface area contributed by atoms with Crippen molar-refractivity contribution in [3.05, 3.63) is 41.9 Å². The zero-order valence-corrected chi connectivity index (χ0v) is 29.9. The minimum absolute atomic E-state index is 0.00806. The van der Waals surface area contributed by atoms with Crippen LogP contribution in [0.25, 0.3) is 10.9 Å². The smallest absolute Gasteiger partial charge is 0.404 e. The third kappa shape index (κ3) is 9.74. The summed E-state index contributed by atoms with van der Waals surface area (Å²) in [6.45, 7) is 3.19. The van der Waals surface area contributed by atoms with Crippen LogP contribution >= 0.6 is 0 Å². The Morgan fingerprint density at radius 3 is 2.49 bits per heavy atom. The van der Waals surface area contributed by atoms with Gasteiger partial charge in [0.1, 0.15) is 17.7 Å². The number of carboxylic acid groups (broad SMARTS) is 1. The molecule has 1 aliphatic heterocycles. The van der Waals surface area contributed by atoms with Crippen molar-refractivity contribution in [3.63, 3.8) is 0 Å². The molecule has 3 aromatic rings. The number of aromatic nitrogens is 5. The summed E-state index contributed by atoms with van der Waals surface area (Å²) in [6, 6.07) is 0.921. The van der Waals surface area contributed by atoms with Gasteiger partial charge in [0.15, 0.2) is 0 Å². The van der Waals surface area contributed by atoms with E-state index in [0.29, 0.717) is 29.6 Å². The predicted octanol–water partition coefficient (Wildman–Crippen LogP) is 1.27. The summed E-state index contributed by atoms with van der Waals surface area (Å²) in [6.07, 6.45) is 7.65. The number of unbranched alkanes of at least 4 members (excludes halogenated alkanes) is 1. The maximum Gasteiger partial charge on any atom is 0.404 e. The second-order valence-electron chi connectivity index (χ2n) is 14.5. The molecule has 18 nitrogen and oxygen atoms in total. The van der Waals surface area contributed by atoms with Gasteiger partial charge in [0, 0.05) is 30.5 Å². The number of aromatic amines is 1. The molecule has 0 spiro atoms. The van der Waals surface area contributed by atoms with Gasteiger partial charge in [-0.05, 0) is 57.6 Å². The van der Waals surface area contributed by atoms with Crippen molar-refractivity contribution in [2.75, 3.05) is 13.1 Å². The standard InChI is InChI=1S/C35H48N10O8/c1-35(2,53)28-18-39-43-45(28)23-16-27(32(49)40-24(29(46)30(36)47)10-6-7-13-37-34(51)52)44(19-23)33(50)26(14-20-8-4-3-5-9-20)41-31(48)21-11-12-22-17-38-42-25(22)15-21/h11-12,15,17-18,20,23-24,26-27,37,53H,3-10,13-14,16,19H2,1-2H3,(H2,36,47)(H,38,42)(H,40,49)(H,41,48)(H,51,52)/t23-,24?,26?,27-/m0/s1. The van der Waals surface area contributed by atoms with Gasteiger partial charge in [0.25, 0.3) is 11.8 Å². The van der Waals surface area contributed by atoms with Crippen molar-refractivity contribution in [1.82, 2.24) is 46.0 Å². The number of carbonyl (C=O) groups is 6. The van der Waals surface area contributed by atoms with Gasteiger partial charge in [0.05, 0.1) is 35.7 Å². The van der Waals surface area contributed by atoms with Gasteiger partial charge >= 0.3 is 6.09 Å². The highest BCUT2D eigenvalue weighted by molar-refractivity contribution is 6.37. The highest BCUT2D eigenvalue weighted by Gasteiger charge is 2.45. The Bertz CT molecular complexity index is 1810. The molecule has 1 saturated carbocycles. The molecule has 1 aromatic carbocycles. The summed E-state index contributed by atoms with van der Waals surface area (Å²) in [7, 11) is 0. The van der Waals surface area contributed by atoms with E-state index in [1.54, 1.807) is 38.2 Å². The summed E-state index contributed by atoms with van der Waals surface area (Å²) in [5.74, 6) is -3.83. The Kier molecular flexibility index (Phi) is 12.4. The summed E-state index contributed by atoms with van der Waals surface area (Å²) < 4.78 is 1.48. The lowest BCUT2D eigenvalue weighted by atomic mass is 9.84. The number of nitrogens with zero attached hydrogens (tertiary/aromatic N) is 5. The Hall–Kier alpha value is -5.39. The van der Waals surface area contributed by atoms with Gasteiger partial charge in [-0.3, -0.25) is 29.1 Å². The fourth-order valence-electron chi connectivity index (χ4n) is 7.31. The molecule has 0 radical (unpaired) electrons. The van der Waals surface area contributed by atoms with Crippen molar-refractivity contribution in [3.8, 4) is 0 Å². The monoisotopic (exact) mass is 736 g/mol. The zero-order valence-electron chi connectivity index (χ0n) is 29.9. The van der Waals surface area contributed by atoms with E-state index in [2.05, 4.69) is 36.5 Å². The maximum atomic E-state index is 14.7. The van der Waals surface area contributed by atoms with Crippen molar-refractivity contribution >= 4 is 46.4 Å². The molecule has 2 unspecified atom stereocenters. The molecule has 1 saturated heterocycles. The average molecular weight is 737 g/mol. The Balaban J connectivity index is 1.43. The quantitative estimate of drug-likeness (QED) is 0.0813. The van der Waals surface area contributed by atoms with Crippen LogP contribution in [0, 0.1) is 5.92 Å². The maximum absolute atomic E-state index is 14.7. The Morgan fingerprint density at radius 1 is 1.04 bits per heavy atom. The molecule has 286 valence electrons. The predicted molar refractivity (Wildman–Crippen MR) is 189 cm³/mol. The second-order valence-corrected chi connectivity index (χ2v) is 14.5. The molecule has 1 aliphatic carbocycles. The number of Topliss-reactive ketones (excluding diaryl/α,β-unsaturated/α-hetero) is 1. The van der Waals surface area contributed by atoms with Crippen molar-refractivity contribution in [2.45, 2.75) is 108 Å². The molecular formula is C35H48N10O8. The number of nitrogens with two attached hydrogens (primary N) is 1. The van der Waals surface area contributed by atoms with Crippen LogP contribution in [0.4, 0.5) is 4.79 Å². The summed E-state index contributed by atoms with van der Waals surface area (Å²) in [5.41, 5.74) is 5.29. The molecular weight excluding hydrogens is 688 g/mol. The van der Waals surface area contributed by atoms with E-state index < -0.39 is 65.3 Å². The summed E-state index contributed by atoms with van der Waals surface area (Å²) in [5, 5.41) is 43.3. The van der Waals surface area contributed by atoms with Crippen LogP contribution in [0.1, 0.15) is 100 Å². The molecule has 5 rings (SSSR count). The molecule has 0 bridgehead atoms. The van der Waals surface area contributed by atoms with Crippen LogP contribution in [-0.4, -0.2) is 107 Å². The Morgan fingerprint density at radius 2 is 1.79 bits per heavy atom. The van der Waals surface area contributed by atoms with Gasteiger partial charge in [-0.1, -0.05) is 43.4 Å². The van der Waals surface area contributed by atoms with Crippen LogP contribution in [0.2, 0.25) is 0 Å². The highest BCUT2D eigenvalue weighted by atomic mass is 16.4. The number of benzene rings is 1. The number of hydrogen-bond acceptors (Lipinski definition) is 10. The number of amides is 5. The number of carbonyl (C=O) groups excluding carboxylic acids is 5. The van der Waals surface area contributed by atoms with Crippen molar-refractivity contribution in [1.29, 1.82) is 0 Å². The molecule has 3 heterocycles. The fraction of sp³-hybridized carbons (Fsp3) is 0.571. The third-order valence-corrected chi connectivity index (χ3v) is 10.1. The molecule has 18 heteroatoms. The van der Waals surface area contributed by atoms with Gasteiger partial charge in [-0.2, -0.15) is 5.10 Å². The van der Waals surface area contributed by atoms with Crippen molar-refractivity contribution < 1.29 is 39.0 Å². The molecule has 2 aromatic heterocycles. The minimum atomic E-state index is -1.36. The first-order valence-electron chi connectivity index (χ1n) is 18.0. The SMILES string of the molecule is CC(C)(O)c1cnnn1[C@H]1C[C@@H](C(=O)NC(CCCCNC(=O)O)C(=O)C(N)=O)N(C(=O)C(CC2CCCCC2)NC(=O)c2ccc3cn[nH]c3c2)C1. The largest absolute Gasteiger partial charge is 0.465 e. The second kappa shape index (κ2) is 17.0.